The van der Waals surface area contributed by atoms with Gasteiger partial charge in [-0.05, 0) is 88.0 Å². The van der Waals surface area contributed by atoms with Gasteiger partial charge >= 0.3 is 0 Å². The minimum absolute atomic E-state index is 0.473. The molecule has 142 valence electrons. The van der Waals surface area contributed by atoms with Gasteiger partial charge in [-0.25, -0.2) is 0 Å². The fourth-order valence-corrected chi connectivity index (χ4v) is 4.42. The molecule has 0 spiro atoms. The van der Waals surface area contributed by atoms with E-state index in [9.17, 15) is 0 Å². The fourth-order valence-electron chi connectivity index (χ4n) is 1.97. The molecule has 0 saturated heterocycles. The van der Waals surface area contributed by atoms with Gasteiger partial charge in [0.2, 0.25) is 0 Å². The maximum absolute atomic E-state index is 5.70. The Labute approximate surface area is 187 Å². The summed E-state index contributed by atoms with van der Waals surface area (Å²) in [7, 11) is 0. The van der Waals surface area contributed by atoms with Crippen molar-refractivity contribution in [2.24, 2.45) is 0 Å². The van der Waals surface area contributed by atoms with Crippen molar-refractivity contribution in [2.45, 2.75) is 0 Å². The molecule has 0 unspecified atom stereocenters. The van der Waals surface area contributed by atoms with Crippen LogP contribution in [0, 0.1) is 0 Å². The van der Waals surface area contributed by atoms with E-state index in [0.29, 0.717) is 39.6 Å². The molecule has 0 amide bonds. The molecule has 0 N–H and O–H groups in total. The number of rotatable bonds is 11. The molecule has 8 heteroatoms. The molecule has 2 aromatic rings. The smallest absolute Gasteiger partial charge is 0.147 e. The van der Waals surface area contributed by atoms with E-state index in [2.05, 4.69) is 63.7 Å². The summed E-state index contributed by atoms with van der Waals surface area (Å²) in [6.45, 7) is 2.97. The van der Waals surface area contributed by atoms with E-state index >= 15 is 0 Å². The highest BCUT2D eigenvalue weighted by molar-refractivity contribution is 9.11. The standard InChI is InChI=1S/C18H18Br4O4/c19-13-3-1-4-14(20)17(13)25-11-9-23-7-8-24-10-12-26-18-15(21)5-2-6-16(18)22/h1-6H,7-12H2. The summed E-state index contributed by atoms with van der Waals surface area (Å²) in [5.41, 5.74) is 0. The maximum atomic E-state index is 5.70. The number of hydrogen-bond donors (Lipinski definition) is 0. The number of hydrogen-bond acceptors (Lipinski definition) is 4. The van der Waals surface area contributed by atoms with Crippen molar-refractivity contribution in [1.29, 1.82) is 0 Å². The molecular weight excluding hydrogens is 600 g/mol. The van der Waals surface area contributed by atoms with E-state index in [1.165, 1.54) is 0 Å². The Balaban J connectivity index is 1.50. The van der Waals surface area contributed by atoms with Crippen LogP contribution in [0.3, 0.4) is 0 Å². The van der Waals surface area contributed by atoms with Crippen molar-refractivity contribution in [3.8, 4) is 11.5 Å². The molecule has 0 atom stereocenters. The summed E-state index contributed by atoms with van der Waals surface area (Å²) in [5.74, 6) is 1.56. The molecule has 0 aliphatic carbocycles. The van der Waals surface area contributed by atoms with E-state index in [1.807, 2.05) is 36.4 Å². The summed E-state index contributed by atoms with van der Waals surface area (Å²) < 4.78 is 26.0. The van der Waals surface area contributed by atoms with Crippen molar-refractivity contribution < 1.29 is 18.9 Å². The lowest BCUT2D eigenvalue weighted by Gasteiger charge is -2.11. The molecule has 2 aromatic carbocycles. The van der Waals surface area contributed by atoms with Gasteiger partial charge in [0.25, 0.3) is 0 Å². The minimum Gasteiger partial charge on any atom is -0.489 e. The highest BCUT2D eigenvalue weighted by atomic mass is 79.9. The lowest BCUT2D eigenvalue weighted by molar-refractivity contribution is 0.0271. The number of benzene rings is 2. The first-order valence-corrected chi connectivity index (χ1v) is 11.1. The van der Waals surface area contributed by atoms with Gasteiger partial charge in [-0.15, -0.1) is 0 Å². The van der Waals surface area contributed by atoms with Gasteiger partial charge in [-0.2, -0.15) is 0 Å². The molecule has 0 saturated carbocycles. The van der Waals surface area contributed by atoms with E-state index in [0.717, 1.165) is 29.4 Å². The molecule has 0 heterocycles. The summed E-state index contributed by atoms with van der Waals surface area (Å²) in [6, 6.07) is 11.6. The second kappa shape index (κ2) is 12.4. The molecule has 0 radical (unpaired) electrons. The quantitative estimate of drug-likeness (QED) is 0.280. The molecule has 4 nitrogen and oxygen atoms in total. The molecule has 0 bridgehead atoms. The van der Waals surface area contributed by atoms with Gasteiger partial charge in [-0.1, -0.05) is 12.1 Å². The lowest BCUT2D eigenvalue weighted by Crippen LogP contribution is -2.13. The van der Waals surface area contributed by atoms with Crippen LogP contribution in [0.2, 0.25) is 0 Å². The zero-order valence-electron chi connectivity index (χ0n) is 13.9. The summed E-state index contributed by atoms with van der Waals surface area (Å²) in [6.07, 6.45) is 0. The van der Waals surface area contributed by atoms with Crippen molar-refractivity contribution in [3.05, 3.63) is 54.3 Å². The van der Waals surface area contributed by atoms with Crippen molar-refractivity contribution >= 4 is 63.7 Å². The first kappa shape index (κ1) is 22.2. The monoisotopic (exact) mass is 614 g/mol. The van der Waals surface area contributed by atoms with Crippen LogP contribution in [0.5, 0.6) is 11.5 Å². The third kappa shape index (κ3) is 7.48. The molecule has 26 heavy (non-hydrogen) atoms. The van der Waals surface area contributed by atoms with Crippen LogP contribution >= 0.6 is 63.7 Å². The molecule has 0 aromatic heterocycles. The number of ether oxygens (including phenoxy) is 4. The Morgan fingerprint density at radius 1 is 0.500 bits per heavy atom. The Morgan fingerprint density at radius 3 is 1.15 bits per heavy atom. The number of halogens is 4. The largest absolute Gasteiger partial charge is 0.489 e. The second-order valence-corrected chi connectivity index (χ2v) is 8.44. The van der Waals surface area contributed by atoms with Crippen LogP contribution in [-0.4, -0.2) is 39.6 Å². The Morgan fingerprint density at radius 2 is 0.808 bits per heavy atom. The average molecular weight is 618 g/mol. The fraction of sp³-hybridized carbons (Fsp3) is 0.333. The Bertz CT molecular complexity index is 597. The van der Waals surface area contributed by atoms with Crippen LogP contribution in [0.25, 0.3) is 0 Å². The van der Waals surface area contributed by atoms with Gasteiger partial charge in [0, 0.05) is 0 Å². The van der Waals surface area contributed by atoms with E-state index in [4.69, 9.17) is 18.9 Å². The van der Waals surface area contributed by atoms with E-state index in [-0.39, 0.29) is 0 Å². The summed E-state index contributed by atoms with van der Waals surface area (Å²) >= 11 is 13.8. The van der Waals surface area contributed by atoms with E-state index in [1.54, 1.807) is 0 Å². The van der Waals surface area contributed by atoms with E-state index < -0.39 is 0 Å². The summed E-state index contributed by atoms with van der Waals surface area (Å²) in [5, 5.41) is 0. The number of para-hydroxylation sites is 2. The predicted molar refractivity (Wildman–Crippen MR) is 116 cm³/mol. The van der Waals surface area contributed by atoms with Gasteiger partial charge in [0.05, 0.1) is 44.3 Å². The van der Waals surface area contributed by atoms with Crippen LogP contribution < -0.4 is 9.47 Å². The van der Waals surface area contributed by atoms with Crippen molar-refractivity contribution in [2.75, 3.05) is 39.6 Å². The van der Waals surface area contributed by atoms with Crippen molar-refractivity contribution in [3.63, 3.8) is 0 Å². The third-order valence-electron chi connectivity index (χ3n) is 3.16. The van der Waals surface area contributed by atoms with Crippen LogP contribution in [0.1, 0.15) is 0 Å². The zero-order valence-corrected chi connectivity index (χ0v) is 20.2. The highest BCUT2D eigenvalue weighted by Gasteiger charge is 2.06. The van der Waals surface area contributed by atoms with Crippen LogP contribution in [0.15, 0.2) is 54.3 Å². The molecular formula is C18H18Br4O4. The highest BCUT2D eigenvalue weighted by Crippen LogP contribution is 2.33. The minimum atomic E-state index is 0.473. The van der Waals surface area contributed by atoms with Crippen molar-refractivity contribution in [1.82, 2.24) is 0 Å². The Kier molecular flexibility index (Phi) is 10.5. The SMILES string of the molecule is Brc1cccc(Br)c1OCCOCCOCCOc1c(Br)cccc1Br. The van der Waals surface area contributed by atoms with Gasteiger partial charge in [0.1, 0.15) is 24.7 Å². The average Bonchev–Trinajstić information content (AvgIpc) is 2.61. The first-order valence-electron chi connectivity index (χ1n) is 7.88. The molecule has 0 fully saturated rings. The lowest BCUT2D eigenvalue weighted by atomic mass is 10.3. The first-order chi connectivity index (χ1) is 12.6. The van der Waals surface area contributed by atoms with Gasteiger partial charge < -0.3 is 18.9 Å². The van der Waals surface area contributed by atoms with Gasteiger partial charge in [0.15, 0.2) is 0 Å². The van der Waals surface area contributed by atoms with Gasteiger partial charge in [-0.3, -0.25) is 0 Å². The third-order valence-corrected chi connectivity index (χ3v) is 5.66. The molecule has 0 aliphatic heterocycles. The van der Waals surface area contributed by atoms with Crippen LogP contribution in [0.4, 0.5) is 0 Å². The normalized spacial score (nSPS) is 10.8. The molecule has 2 rings (SSSR count). The second-order valence-electron chi connectivity index (χ2n) is 5.02. The summed E-state index contributed by atoms with van der Waals surface area (Å²) in [4.78, 5) is 0. The predicted octanol–water partition coefficient (Wildman–Crippen LogP) is 6.23. The topological polar surface area (TPSA) is 36.9 Å². The van der Waals surface area contributed by atoms with Crippen LogP contribution in [-0.2, 0) is 9.47 Å². The maximum Gasteiger partial charge on any atom is 0.147 e. The molecule has 0 aliphatic rings. The zero-order chi connectivity index (χ0) is 18.8. The Hall–Kier alpha value is -0.120.